The van der Waals surface area contributed by atoms with Gasteiger partial charge in [0.15, 0.2) is 5.11 Å². The predicted octanol–water partition coefficient (Wildman–Crippen LogP) is 2.33. The van der Waals surface area contributed by atoms with Crippen LogP contribution in [0.15, 0.2) is 29.1 Å². The van der Waals surface area contributed by atoms with Gasteiger partial charge in [0.2, 0.25) is 0 Å². The largest absolute Gasteiger partial charge is 0.497 e. The van der Waals surface area contributed by atoms with Gasteiger partial charge in [0.05, 0.1) is 38.8 Å². The Morgan fingerprint density at radius 2 is 1.97 bits per heavy atom. The van der Waals surface area contributed by atoms with Gasteiger partial charge < -0.3 is 24.8 Å². The molecule has 2 rings (SSSR count). The van der Waals surface area contributed by atoms with Crippen molar-refractivity contribution in [2.24, 2.45) is 0 Å². The zero-order valence-corrected chi connectivity index (χ0v) is 19.7. The lowest BCUT2D eigenvalue weighted by Crippen LogP contribution is -3.11. The molecule has 0 bridgehead atoms. The number of methoxy groups -OCH3 is 1. The summed E-state index contributed by atoms with van der Waals surface area (Å²) in [5, 5.41) is 5.08. The van der Waals surface area contributed by atoms with Crippen molar-refractivity contribution in [3.8, 4) is 5.75 Å². The summed E-state index contributed by atoms with van der Waals surface area (Å²) in [6, 6.07) is 7.69. The van der Waals surface area contributed by atoms with E-state index in [1.54, 1.807) is 12.0 Å². The normalized spacial score (nSPS) is 11.1. The maximum atomic E-state index is 12.7. The van der Waals surface area contributed by atoms with E-state index >= 15 is 0 Å². The predicted molar refractivity (Wildman–Crippen MR) is 129 cm³/mol. The van der Waals surface area contributed by atoms with Gasteiger partial charge in [-0.3, -0.25) is 4.79 Å². The molecule has 0 spiro atoms. The molecule has 7 heteroatoms. The van der Waals surface area contributed by atoms with E-state index in [9.17, 15) is 4.79 Å². The summed E-state index contributed by atoms with van der Waals surface area (Å²) in [5.74, 6) is 0.729. The Morgan fingerprint density at radius 3 is 2.63 bits per heavy atom. The SMILES string of the molecule is CCCCNC(=S)N(CCC[NH+](CC)CC)Cc1cc2ccc(OC)cc2[nH]c1=O. The van der Waals surface area contributed by atoms with E-state index in [4.69, 9.17) is 17.0 Å². The average Bonchev–Trinajstić information content (AvgIpc) is 2.75. The van der Waals surface area contributed by atoms with Crippen LogP contribution in [0.2, 0.25) is 0 Å². The third kappa shape index (κ3) is 6.99. The van der Waals surface area contributed by atoms with E-state index in [1.165, 1.54) is 0 Å². The quantitative estimate of drug-likeness (QED) is 0.354. The number of hydrogen-bond donors (Lipinski definition) is 3. The number of benzene rings is 1. The molecule has 0 atom stereocenters. The highest BCUT2D eigenvalue weighted by molar-refractivity contribution is 7.80. The summed E-state index contributed by atoms with van der Waals surface area (Å²) in [4.78, 5) is 19.4. The Hall–Kier alpha value is -2.12. The van der Waals surface area contributed by atoms with E-state index in [-0.39, 0.29) is 5.56 Å². The fourth-order valence-corrected chi connectivity index (χ4v) is 3.79. The summed E-state index contributed by atoms with van der Waals surface area (Å²) < 4.78 is 5.26. The van der Waals surface area contributed by atoms with Crippen molar-refractivity contribution in [1.29, 1.82) is 0 Å². The van der Waals surface area contributed by atoms with Crippen LogP contribution in [0.25, 0.3) is 10.9 Å². The summed E-state index contributed by atoms with van der Waals surface area (Å²) in [5.41, 5.74) is 1.43. The second kappa shape index (κ2) is 12.5. The number of nitrogens with zero attached hydrogens (tertiary/aromatic N) is 1. The first-order valence-corrected chi connectivity index (χ1v) is 11.5. The first-order valence-electron chi connectivity index (χ1n) is 11.1. The molecule has 1 aromatic heterocycles. The highest BCUT2D eigenvalue weighted by atomic mass is 32.1. The molecule has 166 valence electrons. The van der Waals surface area contributed by atoms with Gasteiger partial charge in [0.25, 0.3) is 5.56 Å². The molecule has 2 aromatic rings. The minimum atomic E-state index is -0.0773. The van der Waals surface area contributed by atoms with E-state index in [2.05, 4.69) is 36.0 Å². The van der Waals surface area contributed by atoms with E-state index < -0.39 is 0 Å². The number of nitrogens with one attached hydrogen (secondary N) is 3. The van der Waals surface area contributed by atoms with Gasteiger partial charge in [0.1, 0.15) is 5.75 Å². The van der Waals surface area contributed by atoms with Crippen molar-refractivity contribution in [3.63, 3.8) is 0 Å². The first-order chi connectivity index (χ1) is 14.5. The molecular formula is C23H37N4O2S+. The molecule has 0 saturated carbocycles. The number of H-pyrrole nitrogens is 1. The lowest BCUT2D eigenvalue weighted by molar-refractivity contribution is -0.896. The lowest BCUT2D eigenvalue weighted by Gasteiger charge is -2.26. The van der Waals surface area contributed by atoms with Crippen molar-refractivity contribution < 1.29 is 9.64 Å². The molecule has 0 fully saturated rings. The second-order valence-corrected chi connectivity index (χ2v) is 8.03. The van der Waals surface area contributed by atoms with Crippen molar-refractivity contribution in [1.82, 2.24) is 15.2 Å². The van der Waals surface area contributed by atoms with Crippen LogP contribution in [0.1, 0.15) is 45.6 Å². The molecule has 0 amide bonds. The minimum Gasteiger partial charge on any atom is -0.497 e. The number of ether oxygens (including phenoxy) is 1. The molecule has 0 aliphatic heterocycles. The lowest BCUT2D eigenvalue weighted by atomic mass is 10.1. The smallest absolute Gasteiger partial charge is 0.253 e. The Labute approximate surface area is 185 Å². The number of aromatic nitrogens is 1. The third-order valence-electron chi connectivity index (χ3n) is 5.54. The minimum absolute atomic E-state index is 0.0773. The van der Waals surface area contributed by atoms with Crippen LogP contribution < -0.4 is 20.5 Å². The van der Waals surface area contributed by atoms with Crippen LogP contribution in [0.3, 0.4) is 0 Å². The van der Waals surface area contributed by atoms with Gasteiger partial charge >= 0.3 is 0 Å². The van der Waals surface area contributed by atoms with Crippen molar-refractivity contribution >= 4 is 28.2 Å². The molecule has 0 aliphatic rings. The third-order valence-corrected chi connectivity index (χ3v) is 5.95. The van der Waals surface area contributed by atoms with Crippen LogP contribution in [0.4, 0.5) is 0 Å². The molecule has 30 heavy (non-hydrogen) atoms. The molecule has 3 N–H and O–H groups in total. The molecule has 0 saturated heterocycles. The number of rotatable bonds is 12. The van der Waals surface area contributed by atoms with E-state index in [0.29, 0.717) is 6.54 Å². The number of hydrogen-bond acceptors (Lipinski definition) is 3. The fraction of sp³-hybridized carbons (Fsp3) is 0.565. The van der Waals surface area contributed by atoms with Crippen molar-refractivity contribution in [2.75, 3.05) is 39.8 Å². The Balaban J connectivity index is 2.17. The number of quaternary nitrogens is 1. The summed E-state index contributed by atoms with van der Waals surface area (Å²) in [6.45, 7) is 12.2. The van der Waals surface area contributed by atoms with Crippen molar-refractivity contribution in [3.05, 3.63) is 40.2 Å². The average molecular weight is 434 g/mol. The Bertz CT molecular complexity index is 864. The molecule has 6 nitrogen and oxygen atoms in total. The second-order valence-electron chi connectivity index (χ2n) is 7.64. The molecule has 0 aliphatic carbocycles. The fourth-order valence-electron chi connectivity index (χ4n) is 3.54. The number of pyridine rings is 1. The van der Waals surface area contributed by atoms with Crippen LogP contribution >= 0.6 is 12.2 Å². The van der Waals surface area contributed by atoms with Gasteiger partial charge in [-0.1, -0.05) is 13.3 Å². The molecule has 1 aromatic carbocycles. The van der Waals surface area contributed by atoms with Gasteiger partial charge in [0, 0.05) is 31.1 Å². The standard InChI is InChI=1S/C23H36N4O2S/c1-5-8-12-24-23(30)27(14-9-13-26(6-2)7-3)17-19-15-18-10-11-20(29-4)16-21(18)25-22(19)28/h10-11,15-16H,5-9,12-14,17H2,1-4H3,(H,24,30)(H,25,28)/p+1. The van der Waals surface area contributed by atoms with Crippen LogP contribution in [0.5, 0.6) is 5.75 Å². The van der Waals surface area contributed by atoms with Gasteiger partial charge in [-0.25, -0.2) is 0 Å². The van der Waals surface area contributed by atoms with E-state index in [0.717, 1.165) is 79.3 Å². The number of aromatic amines is 1. The maximum absolute atomic E-state index is 12.7. The first kappa shape index (κ1) is 24.2. The topological polar surface area (TPSA) is 61.8 Å². The van der Waals surface area contributed by atoms with Gasteiger partial charge in [-0.05, 0) is 56.1 Å². The summed E-state index contributed by atoms with van der Waals surface area (Å²) in [7, 11) is 1.62. The molecule has 1 heterocycles. The van der Waals surface area contributed by atoms with E-state index in [1.807, 2.05) is 24.3 Å². The highest BCUT2D eigenvalue weighted by Gasteiger charge is 2.14. The molecule has 0 radical (unpaired) electrons. The number of unbranched alkanes of at least 4 members (excludes halogenated alkanes) is 1. The molecule has 0 unspecified atom stereocenters. The summed E-state index contributed by atoms with van der Waals surface area (Å²) >= 11 is 5.67. The Morgan fingerprint density at radius 1 is 1.20 bits per heavy atom. The van der Waals surface area contributed by atoms with Gasteiger partial charge in [-0.2, -0.15) is 0 Å². The summed E-state index contributed by atoms with van der Waals surface area (Å²) in [6.07, 6.45) is 3.24. The van der Waals surface area contributed by atoms with Crippen LogP contribution in [-0.2, 0) is 6.54 Å². The zero-order chi connectivity index (χ0) is 21.9. The van der Waals surface area contributed by atoms with Crippen LogP contribution in [-0.4, -0.2) is 54.8 Å². The monoisotopic (exact) mass is 433 g/mol. The zero-order valence-electron chi connectivity index (χ0n) is 18.8. The maximum Gasteiger partial charge on any atom is 0.253 e. The highest BCUT2D eigenvalue weighted by Crippen LogP contribution is 2.19. The Kier molecular flexibility index (Phi) is 10.1. The van der Waals surface area contributed by atoms with Crippen molar-refractivity contribution in [2.45, 2.75) is 46.6 Å². The number of thiocarbonyl (C=S) groups is 1. The number of fused-ring (bicyclic) bond motifs is 1. The van der Waals surface area contributed by atoms with Crippen LogP contribution in [0, 0.1) is 0 Å². The van der Waals surface area contributed by atoms with Gasteiger partial charge in [-0.15, -0.1) is 0 Å². The molecular weight excluding hydrogens is 396 g/mol.